The van der Waals surface area contributed by atoms with Crippen LogP contribution in [0, 0.1) is 17.8 Å². The third kappa shape index (κ3) is 2.49. The van der Waals surface area contributed by atoms with Crippen LogP contribution < -0.4 is 4.31 Å². The highest BCUT2D eigenvalue weighted by Crippen LogP contribution is 2.50. The summed E-state index contributed by atoms with van der Waals surface area (Å²) >= 11 is 0. The maximum absolute atomic E-state index is 13.5. The van der Waals surface area contributed by atoms with E-state index in [1.165, 1.54) is 16.1 Å². The molecule has 5 rings (SSSR count). The maximum atomic E-state index is 13.5. The van der Waals surface area contributed by atoms with Gasteiger partial charge in [0.1, 0.15) is 6.04 Å². The lowest BCUT2D eigenvalue weighted by atomic mass is 9.77. The number of anilines is 1. The summed E-state index contributed by atoms with van der Waals surface area (Å²) in [5, 5.41) is 21.3. The summed E-state index contributed by atoms with van der Waals surface area (Å²) in [7, 11) is -3.89. The van der Waals surface area contributed by atoms with E-state index in [9.17, 15) is 28.2 Å². The van der Waals surface area contributed by atoms with E-state index in [1.807, 2.05) is 13.0 Å². The summed E-state index contributed by atoms with van der Waals surface area (Å²) in [6.07, 6.45) is 0.773. The Hall–Kier alpha value is -2.91. The molecule has 3 aliphatic heterocycles. The predicted molar refractivity (Wildman–Crippen MR) is 118 cm³/mol. The van der Waals surface area contributed by atoms with Crippen LogP contribution in [0.25, 0.3) is 16.8 Å². The average molecular weight is 457 g/mol. The Balaban J connectivity index is 1.59. The molecule has 2 aromatic rings. The van der Waals surface area contributed by atoms with Gasteiger partial charge in [-0.2, -0.15) is 0 Å². The van der Waals surface area contributed by atoms with Gasteiger partial charge >= 0.3 is 5.97 Å². The standard InChI is InChI=1S/C23H24N2O6S/c1-4-13-8-9-17-19-14(13)6-5-7-16(19)24(32(17,30)31)10-15-11(2)20-18(12(3)26)22(27)25(20)21(15)23(28)29/h4-9,11-12,15,18,20-21,26H,1,10H2,2-3H3,(H,28,29)/t11-,12?,15?,18-,20-,21?/m1/s1. The minimum absolute atomic E-state index is 0.0650. The van der Waals surface area contributed by atoms with Gasteiger partial charge in [0.25, 0.3) is 10.0 Å². The zero-order valence-electron chi connectivity index (χ0n) is 17.7. The molecule has 8 nitrogen and oxygen atoms in total. The molecule has 9 heteroatoms. The number of carbonyl (C=O) groups excluding carboxylic acids is 1. The van der Waals surface area contributed by atoms with E-state index in [1.54, 1.807) is 30.3 Å². The van der Waals surface area contributed by atoms with Crippen LogP contribution in [0.1, 0.15) is 19.4 Å². The molecule has 0 aromatic heterocycles. The number of aliphatic hydroxyl groups is 1. The number of sulfonamides is 1. The Morgan fingerprint density at radius 3 is 2.62 bits per heavy atom. The fraction of sp³-hybridized carbons (Fsp3) is 0.391. The highest BCUT2D eigenvalue weighted by atomic mass is 32.2. The number of carbonyl (C=O) groups is 2. The number of carboxylic acid groups (broad SMARTS) is 1. The predicted octanol–water partition coefficient (Wildman–Crippen LogP) is 1.92. The normalized spacial score (nSPS) is 30.8. The quantitative estimate of drug-likeness (QED) is 0.665. The van der Waals surface area contributed by atoms with Crippen molar-refractivity contribution in [3.63, 3.8) is 0 Å². The Morgan fingerprint density at radius 1 is 1.28 bits per heavy atom. The second-order valence-electron chi connectivity index (χ2n) is 8.90. The van der Waals surface area contributed by atoms with Gasteiger partial charge in [-0.1, -0.05) is 37.8 Å². The SMILES string of the molecule is C=Cc1ccc2c3c(cccc13)N(CC1C(C(=O)O)N3C(=O)[C@H](C(C)O)[C@H]3[C@@H]1C)S2(=O)=O. The Kier molecular flexibility index (Phi) is 4.45. The first-order valence-corrected chi connectivity index (χ1v) is 12.0. The lowest BCUT2D eigenvalue weighted by Crippen LogP contribution is -2.65. The van der Waals surface area contributed by atoms with Crippen molar-refractivity contribution in [3.8, 4) is 0 Å². The monoisotopic (exact) mass is 456 g/mol. The molecule has 32 heavy (non-hydrogen) atoms. The highest BCUT2D eigenvalue weighted by molar-refractivity contribution is 7.93. The van der Waals surface area contributed by atoms with E-state index in [-0.39, 0.29) is 17.4 Å². The molecule has 0 spiro atoms. The Morgan fingerprint density at radius 2 is 2.00 bits per heavy atom. The Labute approximate surface area is 185 Å². The first-order valence-electron chi connectivity index (χ1n) is 10.5. The minimum Gasteiger partial charge on any atom is -0.480 e. The van der Waals surface area contributed by atoms with Gasteiger partial charge in [-0.25, -0.2) is 13.2 Å². The summed E-state index contributed by atoms with van der Waals surface area (Å²) in [4.78, 5) is 26.3. The summed E-state index contributed by atoms with van der Waals surface area (Å²) in [6, 6.07) is 7.04. The van der Waals surface area contributed by atoms with Gasteiger partial charge in [-0.15, -0.1) is 0 Å². The van der Waals surface area contributed by atoms with Crippen molar-refractivity contribution in [1.29, 1.82) is 0 Å². The number of nitrogens with zero attached hydrogens (tertiary/aromatic N) is 2. The van der Waals surface area contributed by atoms with Crippen molar-refractivity contribution >= 4 is 44.4 Å². The Bertz CT molecular complexity index is 1290. The lowest BCUT2D eigenvalue weighted by molar-refractivity contribution is -0.171. The second-order valence-corrected chi connectivity index (χ2v) is 10.7. The van der Waals surface area contributed by atoms with E-state index in [0.717, 1.165) is 10.9 Å². The molecule has 2 N–H and O–H groups in total. The van der Waals surface area contributed by atoms with Crippen LogP contribution in [0.2, 0.25) is 0 Å². The molecule has 2 saturated heterocycles. The fourth-order valence-electron chi connectivity index (χ4n) is 5.88. The van der Waals surface area contributed by atoms with Crippen LogP contribution in [0.5, 0.6) is 0 Å². The van der Waals surface area contributed by atoms with Gasteiger partial charge in [0.15, 0.2) is 0 Å². The van der Waals surface area contributed by atoms with E-state index in [2.05, 4.69) is 6.58 Å². The number of benzene rings is 2. The fourth-order valence-corrected chi connectivity index (χ4v) is 7.61. The average Bonchev–Trinajstić information content (AvgIpc) is 3.10. The minimum atomic E-state index is -3.89. The number of aliphatic carboxylic acids is 1. The van der Waals surface area contributed by atoms with Crippen LogP contribution >= 0.6 is 0 Å². The number of β-lactam (4-membered cyclic amide) rings is 1. The molecule has 3 aliphatic rings. The van der Waals surface area contributed by atoms with Crippen molar-refractivity contribution in [2.24, 2.45) is 17.8 Å². The zero-order valence-corrected chi connectivity index (χ0v) is 18.5. The van der Waals surface area contributed by atoms with Crippen LogP contribution in [-0.2, 0) is 19.6 Å². The van der Waals surface area contributed by atoms with Crippen LogP contribution in [0.3, 0.4) is 0 Å². The van der Waals surface area contributed by atoms with Crippen molar-refractivity contribution < 1.29 is 28.2 Å². The van der Waals surface area contributed by atoms with E-state index in [4.69, 9.17) is 0 Å². The zero-order chi connectivity index (χ0) is 23.1. The molecule has 0 bridgehead atoms. The largest absolute Gasteiger partial charge is 0.480 e. The van der Waals surface area contributed by atoms with Gasteiger partial charge in [0, 0.05) is 23.9 Å². The summed E-state index contributed by atoms with van der Waals surface area (Å²) in [5.74, 6) is -3.14. The molecule has 0 radical (unpaired) electrons. The summed E-state index contributed by atoms with van der Waals surface area (Å²) in [5.41, 5.74) is 1.32. The molecule has 0 aliphatic carbocycles. The van der Waals surface area contributed by atoms with Gasteiger partial charge < -0.3 is 15.1 Å². The van der Waals surface area contributed by atoms with Crippen LogP contribution in [-0.4, -0.2) is 60.1 Å². The molecule has 2 aromatic carbocycles. The molecular formula is C23H24N2O6S. The first-order chi connectivity index (χ1) is 15.1. The number of carboxylic acids is 1. The summed E-state index contributed by atoms with van der Waals surface area (Å²) in [6.45, 7) is 7.10. The number of aliphatic hydroxyl groups excluding tert-OH is 1. The van der Waals surface area contributed by atoms with Gasteiger partial charge in [0.05, 0.1) is 22.6 Å². The maximum Gasteiger partial charge on any atom is 0.326 e. The third-order valence-electron chi connectivity index (χ3n) is 7.37. The number of rotatable bonds is 5. The molecule has 168 valence electrons. The number of fused-ring (bicyclic) bond motifs is 1. The van der Waals surface area contributed by atoms with Gasteiger partial charge in [-0.05, 0) is 35.9 Å². The molecule has 0 saturated carbocycles. The number of amides is 1. The topological polar surface area (TPSA) is 115 Å². The first kappa shape index (κ1) is 21.0. The van der Waals surface area contributed by atoms with E-state index < -0.39 is 51.9 Å². The van der Waals surface area contributed by atoms with Crippen molar-refractivity contribution in [3.05, 3.63) is 42.5 Å². The number of hydrogen-bond donors (Lipinski definition) is 2. The molecule has 1 amide bonds. The van der Waals surface area contributed by atoms with Gasteiger partial charge in [0.2, 0.25) is 5.91 Å². The van der Waals surface area contributed by atoms with Crippen molar-refractivity contribution in [2.45, 2.75) is 36.9 Å². The summed E-state index contributed by atoms with van der Waals surface area (Å²) < 4.78 is 28.2. The number of hydrogen-bond acceptors (Lipinski definition) is 5. The van der Waals surface area contributed by atoms with E-state index >= 15 is 0 Å². The lowest BCUT2D eigenvalue weighted by Gasteiger charge is -2.47. The third-order valence-corrected chi connectivity index (χ3v) is 9.19. The van der Waals surface area contributed by atoms with E-state index in [0.29, 0.717) is 11.1 Å². The van der Waals surface area contributed by atoms with Crippen molar-refractivity contribution in [2.75, 3.05) is 10.8 Å². The van der Waals surface area contributed by atoms with Crippen molar-refractivity contribution in [1.82, 2.24) is 4.90 Å². The van der Waals surface area contributed by atoms with Crippen LogP contribution in [0.4, 0.5) is 5.69 Å². The molecule has 3 heterocycles. The second kappa shape index (κ2) is 6.79. The molecular weight excluding hydrogens is 432 g/mol. The highest BCUT2D eigenvalue weighted by Gasteiger charge is 2.64. The smallest absolute Gasteiger partial charge is 0.326 e. The van der Waals surface area contributed by atoms with Gasteiger partial charge in [-0.3, -0.25) is 9.10 Å². The molecule has 2 fully saturated rings. The van der Waals surface area contributed by atoms with Crippen LogP contribution in [0.15, 0.2) is 41.8 Å². The molecule has 3 unspecified atom stereocenters. The molecule has 6 atom stereocenters.